The molecule has 0 radical (unpaired) electrons. The standard InChI is InChI=1S/C28H39NO6/c1-18-24(27(30)34-5)26(21-14-15-22(32-3)23(17-21)33-4)25(28(31)35-6)19(2)29(18)16-10-13-20-11-8-7-9-12-20/h14-15,17,20,26H,7-13,16H2,1-6H3. The first-order chi connectivity index (χ1) is 16.9. The molecule has 0 amide bonds. The summed E-state index contributed by atoms with van der Waals surface area (Å²) in [6.07, 6.45) is 8.71. The van der Waals surface area contributed by atoms with Crippen LogP contribution in [0.2, 0.25) is 0 Å². The Hall–Kier alpha value is -2.96. The molecule has 35 heavy (non-hydrogen) atoms. The summed E-state index contributed by atoms with van der Waals surface area (Å²) in [5.41, 5.74) is 3.19. The Balaban J connectivity index is 2.04. The number of allylic oxidation sites excluding steroid dienone is 2. The normalized spacial score (nSPS) is 17.5. The van der Waals surface area contributed by atoms with Gasteiger partial charge in [0.2, 0.25) is 0 Å². The smallest absolute Gasteiger partial charge is 0.336 e. The maximum atomic E-state index is 13.1. The summed E-state index contributed by atoms with van der Waals surface area (Å²) < 4.78 is 21.3. The molecule has 7 nitrogen and oxygen atoms in total. The molecule has 1 aromatic rings. The Morgan fingerprint density at radius 1 is 0.857 bits per heavy atom. The van der Waals surface area contributed by atoms with Gasteiger partial charge in [0.05, 0.1) is 45.5 Å². The SMILES string of the molecule is COC(=O)C1=C(C)N(CCCC2CCCCC2)C(C)=C(C(=O)OC)C1c1ccc(OC)c(OC)c1. The first kappa shape index (κ1) is 26.6. The lowest BCUT2D eigenvalue weighted by molar-refractivity contribution is -0.137. The van der Waals surface area contributed by atoms with E-state index < -0.39 is 17.9 Å². The number of esters is 2. The lowest BCUT2D eigenvalue weighted by Gasteiger charge is -2.38. The van der Waals surface area contributed by atoms with Crippen LogP contribution in [0.3, 0.4) is 0 Å². The Bertz CT molecular complexity index is 949. The van der Waals surface area contributed by atoms with Crippen LogP contribution in [0, 0.1) is 5.92 Å². The van der Waals surface area contributed by atoms with Crippen molar-refractivity contribution in [3.8, 4) is 11.5 Å². The molecule has 0 spiro atoms. The van der Waals surface area contributed by atoms with Crippen molar-refractivity contribution in [1.82, 2.24) is 4.90 Å². The second-order valence-corrected chi connectivity index (χ2v) is 9.33. The minimum atomic E-state index is -0.649. The summed E-state index contributed by atoms with van der Waals surface area (Å²) >= 11 is 0. The van der Waals surface area contributed by atoms with E-state index in [2.05, 4.69) is 4.90 Å². The molecular formula is C28H39NO6. The molecular weight excluding hydrogens is 446 g/mol. The molecule has 1 aromatic carbocycles. The van der Waals surface area contributed by atoms with Crippen LogP contribution >= 0.6 is 0 Å². The van der Waals surface area contributed by atoms with E-state index in [-0.39, 0.29) is 0 Å². The van der Waals surface area contributed by atoms with E-state index >= 15 is 0 Å². The number of carbonyl (C=O) groups is 2. The number of hydrogen-bond acceptors (Lipinski definition) is 7. The van der Waals surface area contributed by atoms with Gasteiger partial charge in [-0.25, -0.2) is 9.59 Å². The molecule has 0 N–H and O–H groups in total. The topological polar surface area (TPSA) is 74.3 Å². The molecule has 192 valence electrons. The molecule has 0 atom stereocenters. The quantitative estimate of drug-likeness (QED) is 0.436. The number of rotatable bonds is 9. The summed E-state index contributed by atoms with van der Waals surface area (Å²) in [5.74, 6) is 0.272. The van der Waals surface area contributed by atoms with Gasteiger partial charge in [0, 0.05) is 17.9 Å². The number of methoxy groups -OCH3 is 4. The molecule has 1 aliphatic carbocycles. The number of nitrogens with zero attached hydrogens (tertiary/aromatic N) is 1. The zero-order chi connectivity index (χ0) is 25.5. The second kappa shape index (κ2) is 12.1. The highest BCUT2D eigenvalue weighted by Gasteiger charge is 2.40. The maximum Gasteiger partial charge on any atom is 0.336 e. The Morgan fingerprint density at radius 3 is 1.94 bits per heavy atom. The zero-order valence-electron chi connectivity index (χ0n) is 21.9. The first-order valence-corrected chi connectivity index (χ1v) is 12.4. The van der Waals surface area contributed by atoms with Crippen LogP contribution in [0.1, 0.15) is 70.3 Å². The molecule has 1 heterocycles. The largest absolute Gasteiger partial charge is 0.493 e. The summed E-state index contributed by atoms with van der Waals surface area (Å²) in [4.78, 5) is 28.3. The highest BCUT2D eigenvalue weighted by molar-refractivity contribution is 5.99. The molecule has 0 unspecified atom stereocenters. The highest BCUT2D eigenvalue weighted by atomic mass is 16.5. The second-order valence-electron chi connectivity index (χ2n) is 9.33. The first-order valence-electron chi connectivity index (χ1n) is 12.4. The number of ether oxygens (including phenoxy) is 4. The summed E-state index contributed by atoms with van der Waals surface area (Å²) in [6, 6.07) is 5.42. The Kier molecular flexibility index (Phi) is 9.24. The van der Waals surface area contributed by atoms with Crippen LogP contribution in [0.25, 0.3) is 0 Å². The van der Waals surface area contributed by atoms with Crippen LogP contribution < -0.4 is 9.47 Å². The van der Waals surface area contributed by atoms with Crippen LogP contribution in [0.5, 0.6) is 11.5 Å². The lowest BCUT2D eigenvalue weighted by atomic mass is 9.79. The summed E-state index contributed by atoms with van der Waals surface area (Å²) in [7, 11) is 5.85. The molecule has 0 bridgehead atoms. The van der Waals surface area contributed by atoms with Crippen LogP contribution in [0.15, 0.2) is 40.7 Å². The fourth-order valence-electron chi connectivity index (χ4n) is 5.57. The minimum Gasteiger partial charge on any atom is -0.493 e. The molecule has 7 heteroatoms. The summed E-state index contributed by atoms with van der Waals surface area (Å²) in [5, 5.41) is 0. The van der Waals surface area contributed by atoms with E-state index in [4.69, 9.17) is 18.9 Å². The number of carbonyl (C=O) groups excluding carboxylic acids is 2. The monoisotopic (exact) mass is 485 g/mol. The zero-order valence-corrected chi connectivity index (χ0v) is 21.9. The van der Waals surface area contributed by atoms with Crippen molar-refractivity contribution < 1.29 is 28.5 Å². The van der Waals surface area contributed by atoms with Crippen molar-refractivity contribution in [1.29, 1.82) is 0 Å². The molecule has 0 saturated heterocycles. The van der Waals surface area contributed by atoms with E-state index in [1.807, 2.05) is 19.9 Å². The van der Waals surface area contributed by atoms with E-state index in [1.54, 1.807) is 26.4 Å². The van der Waals surface area contributed by atoms with Crippen LogP contribution in [-0.4, -0.2) is 51.8 Å². The van der Waals surface area contributed by atoms with E-state index in [9.17, 15) is 9.59 Å². The van der Waals surface area contributed by atoms with Gasteiger partial charge in [-0.2, -0.15) is 0 Å². The van der Waals surface area contributed by atoms with Gasteiger partial charge in [-0.05, 0) is 50.3 Å². The van der Waals surface area contributed by atoms with Crippen molar-refractivity contribution in [2.45, 2.75) is 64.7 Å². The molecule has 1 aliphatic heterocycles. The van der Waals surface area contributed by atoms with Gasteiger partial charge < -0.3 is 23.8 Å². The van der Waals surface area contributed by atoms with Gasteiger partial charge in [-0.1, -0.05) is 38.2 Å². The predicted molar refractivity (Wildman–Crippen MR) is 134 cm³/mol. The Labute approximate surface area is 209 Å². The maximum absolute atomic E-state index is 13.1. The molecule has 1 saturated carbocycles. The van der Waals surface area contributed by atoms with Crippen molar-refractivity contribution in [2.24, 2.45) is 5.92 Å². The fraction of sp³-hybridized carbons (Fsp3) is 0.571. The average molecular weight is 486 g/mol. The van der Waals surface area contributed by atoms with Gasteiger partial charge in [-0.3, -0.25) is 0 Å². The van der Waals surface area contributed by atoms with Crippen LogP contribution in [0.4, 0.5) is 0 Å². The van der Waals surface area contributed by atoms with E-state index in [0.29, 0.717) is 22.6 Å². The molecule has 2 aliphatic rings. The van der Waals surface area contributed by atoms with E-state index in [0.717, 1.165) is 42.3 Å². The Morgan fingerprint density at radius 2 is 1.43 bits per heavy atom. The van der Waals surface area contributed by atoms with Crippen molar-refractivity contribution in [3.63, 3.8) is 0 Å². The van der Waals surface area contributed by atoms with Gasteiger partial charge >= 0.3 is 11.9 Å². The highest BCUT2D eigenvalue weighted by Crippen LogP contribution is 2.45. The van der Waals surface area contributed by atoms with E-state index in [1.165, 1.54) is 46.3 Å². The van der Waals surface area contributed by atoms with Gasteiger partial charge in [0.1, 0.15) is 0 Å². The number of benzene rings is 1. The van der Waals surface area contributed by atoms with Gasteiger partial charge in [-0.15, -0.1) is 0 Å². The average Bonchev–Trinajstić information content (AvgIpc) is 2.89. The third-order valence-electron chi connectivity index (χ3n) is 7.44. The predicted octanol–water partition coefficient (Wildman–Crippen LogP) is 5.36. The van der Waals surface area contributed by atoms with Gasteiger partial charge in [0.15, 0.2) is 11.5 Å². The number of hydrogen-bond donors (Lipinski definition) is 0. The van der Waals surface area contributed by atoms with Crippen molar-refractivity contribution in [3.05, 3.63) is 46.3 Å². The molecule has 1 fully saturated rings. The molecule has 0 aromatic heterocycles. The third kappa shape index (κ3) is 5.65. The minimum absolute atomic E-state index is 0.434. The van der Waals surface area contributed by atoms with Crippen LogP contribution in [-0.2, 0) is 19.1 Å². The molecule has 3 rings (SSSR count). The summed E-state index contributed by atoms with van der Waals surface area (Å²) in [6.45, 7) is 4.59. The lowest BCUT2D eigenvalue weighted by Crippen LogP contribution is -2.35. The van der Waals surface area contributed by atoms with Gasteiger partial charge in [0.25, 0.3) is 0 Å². The van der Waals surface area contributed by atoms with Crippen molar-refractivity contribution in [2.75, 3.05) is 35.0 Å². The third-order valence-corrected chi connectivity index (χ3v) is 7.44. The fourth-order valence-corrected chi connectivity index (χ4v) is 5.57. The van der Waals surface area contributed by atoms with Crippen molar-refractivity contribution >= 4 is 11.9 Å².